The summed E-state index contributed by atoms with van der Waals surface area (Å²) in [5.41, 5.74) is 3.29. The van der Waals surface area contributed by atoms with Gasteiger partial charge in [-0.1, -0.05) is 6.07 Å². The molecule has 2 aromatic rings. The number of rotatable bonds is 6. The van der Waals surface area contributed by atoms with Crippen molar-refractivity contribution in [2.45, 2.75) is 39.7 Å². The zero-order chi connectivity index (χ0) is 20.1. The molecular formula is C21H28N4O3. The zero-order valence-electron chi connectivity index (χ0n) is 16.7. The Morgan fingerprint density at radius 2 is 2.14 bits per heavy atom. The quantitative estimate of drug-likeness (QED) is 0.741. The van der Waals surface area contributed by atoms with E-state index in [0.29, 0.717) is 30.2 Å². The summed E-state index contributed by atoms with van der Waals surface area (Å²) in [6.07, 6.45) is 2.03. The van der Waals surface area contributed by atoms with Crippen molar-refractivity contribution in [3.63, 3.8) is 0 Å². The van der Waals surface area contributed by atoms with Gasteiger partial charge in [0.25, 0.3) is 0 Å². The second-order valence-electron chi connectivity index (χ2n) is 7.31. The topological polar surface area (TPSA) is 87.6 Å². The van der Waals surface area contributed by atoms with Gasteiger partial charge in [0, 0.05) is 18.2 Å². The Bertz CT molecular complexity index is 840. The maximum absolute atomic E-state index is 11.7. The van der Waals surface area contributed by atoms with E-state index in [1.165, 1.54) is 0 Å². The van der Waals surface area contributed by atoms with E-state index in [9.17, 15) is 9.90 Å². The maximum atomic E-state index is 11.7. The van der Waals surface area contributed by atoms with E-state index in [1.54, 1.807) is 6.07 Å². The summed E-state index contributed by atoms with van der Waals surface area (Å²) < 4.78 is 5.04. The van der Waals surface area contributed by atoms with Crippen LogP contribution >= 0.6 is 0 Å². The molecule has 3 rings (SSSR count). The minimum Gasteiger partial charge on any atom is -0.507 e. The molecule has 0 amide bonds. The molecule has 7 nitrogen and oxygen atoms in total. The van der Waals surface area contributed by atoms with Crippen molar-refractivity contribution in [3.8, 4) is 17.0 Å². The molecule has 2 N–H and O–H groups in total. The van der Waals surface area contributed by atoms with Gasteiger partial charge in [0.1, 0.15) is 11.6 Å². The van der Waals surface area contributed by atoms with Gasteiger partial charge >= 0.3 is 5.97 Å². The predicted octanol–water partition coefficient (Wildman–Crippen LogP) is 2.91. The van der Waals surface area contributed by atoms with Crippen LogP contribution in [0.5, 0.6) is 5.75 Å². The van der Waals surface area contributed by atoms with Crippen LogP contribution in [0.15, 0.2) is 24.3 Å². The average molecular weight is 384 g/mol. The number of phenols is 1. The minimum absolute atomic E-state index is 0.180. The fourth-order valence-corrected chi connectivity index (χ4v) is 3.58. The van der Waals surface area contributed by atoms with Crippen LogP contribution in [0.2, 0.25) is 0 Å². The molecule has 7 heteroatoms. The molecule has 0 saturated carbocycles. The number of likely N-dealkylation sites (tertiary alicyclic amines) is 1. The molecule has 1 aliphatic heterocycles. The van der Waals surface area contributed by atoms with Gasteiger partial charge in [-0.3, -0.25) is 9.69 Å². The van der Waals surface area contributed by atoms with Crippen molar-refractivity contribution < 1.29 is 14.6 Å². The molecular weight excluding hydrogens is 356 g/mol. The summed E-state index contributed by atoms with van der Waals surface area (Å²) in [6.45, 7) is 8.11. The Hall–Kier alpha value is -2.67. The van der Waals surface area contributed by atoms with Crippen LogP contribution in [-0.2, 0) is 9.53 Å². The number of benzene rings is 1. The number of piperidine rings is 1. The van der Waals surface area contributed by atoms with Gasteiger partial charge in [-0.05, 0) is 69.5 Å². The molecule has 0 bridgehead atoms. The number of esters is 1. The summed E-state index contributed by atoms with van der Waals surface area (Å²) in [4.78, 5) is 13.8. The Balaban J connectivity index is 1.66. The van der Waals surface area contributed by atoms with Gasteiger partial charge in [0.2, 0.25) is 0 Å². The zero-order valence-corrected chi connectivity index (χ0v) is 16.7. The Kier molecular flexibility index (Phi) is 6.46. The number of hydrogen-bond acceptors (Lipinski definition) is 7. The first kappa shape index (κ1) is 20.1. The Morgan fingerprint density at radius 1 is 1.32 bits per heavy atom. The highest BCUT2D eigenvalue weighted by Gasteiger charge is 2.22. The van der Waals surface area contributed by atoms with Crippen molar-refractivity contribution in [2.24, 2.45) is 0 Å². The summed E-state index contributed by atoms with van der Waals surface area (Å²) in [5, 5.41) is 22.3. The number of hydrogen-bond donors (Lipinski definition) is 2. The van der Waals surface area contributed by atoms with E-state index in [4.69, 9.17) is 4.74 Å². The lowest BCUT2D eigenvalue weighted by Gasteiger charge is -2.32. The van der Waals surface area contributed by atoms with Crippen LogP contribution in [0.3, 0.4) is 0 Å². The van der Waals surface area contributed by atoms with Gasteiger partial charge in [-0.15, -0.1) is 10.2 Å². The van der Waals surface area contributed by atoms with Crippen molar-refractivity contribution in [1.29, 1.82) is 0 Å². The van der Waals surface area contributed by atoms with E-state index in [0.717, 1.165) is 37.1 Å². The molecule has 0 aliphatic carbocycles. The van der Waals surface area contributed by atoms with Crippen LogP contribution in [-0.4, -0.2) is 58.5 Å². The average Bonchev–Trinajstić information content (AvgIpc) is 2.63. The fourth-order valence-electron chi connectivity index (χ4n) is 3.58. The lowest BCUT2D eigenvalue weighted by atomic mass is 10.0. The van der Waals surface area contributed by atoms with Crippen molar-refractivity contribution in [2.75, 3.05) is 31.6 Å². The summed E-state index contributed by atoms with van der Waals surface area (Å²) in [5.74, 6) is 0.733. The highest BCUT2D eigenvalue weighted by Crippen LogP contribution is 2.31. The number of aryl methyl sites for hydroxylation is 2. The van der Waals surface area contributed by atoms with Gasteiger partial charge in [0.05, 0.1) is 18.8 Å². The first-order valence-electron chi connectivity index (χ1n) is 9.75. The molecule has 1 aromatic heterocycles. The van der Waals surface area contributed by atoms with Gasteiger partial charge in [0.15, 0.2) is 0 Å². The lowest BCUT2D eigenvalue weighted by Crippen LogP contribution is -2.44. The number of nitrogens with zero attached hydrogens (tertiary/aromatic N) is 3. The predicted molar refractivity (Wildman–Crippen MR) is 108 cm³/mol. The van der Waals surface area contributed by atoms with Crippen LogP contribution in [0.25, 0.3) is 11.3 Å². The molecule has 150 valence electrons. The van der Waals surface area contributed by atoms with Crippen LogP contribution in [0.1, 0.15) is 30.9 Å². The third-order valence-electron chi connectivity index (χ3n) is 4.91. The van der Waals surface area contributed by atoms with Crippen LogP contribution in [0, 0.1) is 13.8 Å². The van der Waals surface area contributed by atoms with Gasteiger partial charge in [-0.2, -0.15) is 0 Å². The summed E-state index contributed by atoms with van der Waals surface area (Å²) in [7, 11) is 0. The van der Waals surface area contributed by atoms with E-state index in [-0.39, 0.29) is 17.8 Å². The first-order valence-corrected chi connectivity index (χ1v) is 9.75. The number of ether oxygens (including phenoxy) is 1. The van der Waals surface area contributed by atoms with Crippen LogP contribution < -0.4 is 5.32 Å². The molecule has 28 heavy (non-hydrogen) atoms. The maximum Gasteiger partial charge on any atom is 0.320 e. The number of aromatic hydroxyl groups is 1. The Morgan fingerprint density at radius 3 is 2.86 bits per heavy atom. The number of carbonyl (C=O) groups excluding carboxylic acids is 1. The van der Waals surface area contributed by atoms with E-state index in [2.05, 4.69) is 20.4 Å². The molecule has 1 saturated heterocycles. The van der Waals surface area contributed by atoms with E-state index < -0.39 is 0 Å². The summed E-state index contributed by atoms with van der Waals surface area (Å²) in [6, 6.07) is 7.69. The molecule has 1 aromatic carbocycles. The number of phenolic OH excluding ortho intramolecular Hbond substituents is 1. The lowest BCUT2D eigenvalue weighted by molar-refractivity contribution is -0.144. The van der Waals surface area contributed by atoms with Crippen molar-refractivity contribution in [3.05, 3.63) is 35.4 Å². The SMILES string of the molecule is CCOC(=O)CN1CCC[C@@H](Nc2cc(C)c(-c3ccc(C)cc3O)nn2)C1. The summed E-state index contributed by atoms with van der Waals surface area (Å²) >= 11 is 0. The Labute approximate surface area is 165 Å². The molecule has 1 aliphatic rings. The van der Waals surface area contributed by atoms with E-state index in [1.807, 2.05) is 39.0 Å². The highest BCUT2D eigenvalue weighted by molar-refractivity contribution is 5.72. The van der Waals surface area contributed by atoms with Crippen LogP contribution in [0.4, 0.5) is 5.82 Å². The second kappa shape index (κ2) is 9.01. The molecule has 1 atom stereocenters. The number of nitrogens with one attached hydrogen (secondary N) is 1. The number of carbonyl (C=O) groups is 1. The normalized spacial score (nSPS) is 17.3. The van der Waals surface area contributed by atoms with Crippen molar-refractivity contribution >= 4 is 11.8 Å². The third-order valence-corrected chi connectivity index (χ3v) is 4.91. The smallest absolute Gasteiger partial charge is 0.320 e. The molecule has 0 radical (unpaired) electrons. The van der Waals surface area contributed by atoms with Crippen molar-refractivity contribution in [1.82, 2.24) is 15.1 Å². The van der Waals surface area contributed by atoms with Gasteiger partial charge in [-0.25, -0.2) is 0 Å². The molecule has 1 fully saturated rings. The minimum atomic E-state index is -0.180. The number of anilines is 1. The first-order chi connectivity index (χ1) is 13.5. The second-order valence-corrected chi connectivity index (χ2v) is 7.31. The largest absolute Gasteiger partial charge is 0.507 e. The number of aromatic nitrogens is 2. The third kappa shape index (κ3) is 4.98. The highest BCUT2D eigenvalue weighted by atomic mass is 16.5. The monoisotopic (exact) mass is 384 g/mol. The van der Waals surface area contributed by atoms with E-state index >= 15 is 0 Å². The van der Waals surface area contributed by atoms with Gasteiger partial charge < -0.3 is 15.2 Å². The molecule has 0 unspecified atom stereocenters. The standard InChI is InChI=1S/C21H28N4O3/c1-4-28-20(27)13-25-9-5-6-16(12-25)22-19-11-15(3)21(24-23-19)17-8-7-14(2)10-18(17)26/h7-8,10-11,16,26H,4-6,9,12-13H2,1-3H3,(H,22,23)/t16-/m1/s1. The fraction of sp³-hybridized carbons (Fsp3) is 0.476. The molecule has 2 heterocycles. The molecule has 0 spiro atoms.